The Morgan fingerprint density at radius 2 is 1.76 bits per heavy atom. The topological polar surface area (TPSA) is 58.3 Å². The molecule has 2 rings (SSSR count). The molecule has 0 aliphatic rings. The van der Waals surface area contributed by atoms with E-state index in [0.29, 0.717) is 27.8 Å². The second kappa shape index (κ2) is 11.0. The molecule has 0 amide bonds. The second-order valence-electron chi connectivity index (χ2n) is 5.52. The SMILES string of the molecule is CCCCSc1ccc(NCC(O)c2cc(Cl)c(N)c(Cl)c2)cc1.Cl. The highest BCUT2D eigenvalue weighted by Gasteiger charge is 2.12. The predicted molar refractivity (Wildman–Crippen MR) is 114 cm³/mol. The Bertz CT molecular complexity index is 645. The van der Waals surface area contributed by atoms with Gasteiger partial charge in [-0.05, 0) is 54.1 Å². The molecule has 0 fully saturated rings. The highest BCUT2D eigenvalue weighted by Crippen LogP contribution is 2.31. The number of unbranched alkanes of at least 4 members (excludes halogenated alkanes) is 1. The van der Waals surface area contributed by atoms with Crippen LogP contribution in [0.15, 0.2) is 41.3 Å². The number of anilines is 2. The van der Waals surface area contributed by atoms with E-state index in [4.69, 9.17) is 28.9 Å². The van der Waals surface area contributed by atoms with Crippen LogP contribution in [0.1, 0.15) is 31.4 Å². The molecule has 2 aromatic rings. The minimum Gasteiger partial charge on any atom is -0.396 e. The van der Waals surface area contributed by atoms with E-state index in [9.17, 15) is 5.11 Å². The fourth-order valence-electron chi connectivity index (χ4n) is 2.13. The van der Waals surface area contributed by atoms with Crippen molar-refractivity contribution >= 4 is 58.7 Å². The number of hydrogen-bond donors (Lipinski definition) is 3. The number of hydrogen-bond acceptors (Lipinski definition) is 4. The lowest BCUT2D eigenvalue weighted by atomic mass is 10.1. The summed E-state index contributed by atoms with van der Waals surface area (Å²) in [6.07, 6.45) is 1.71. The second-order valence-corrected chi connectivity index (χ2v) is 7.50. The smallest absolute Gasteiger partial charge is 0.0963 e. The Hall–Kier alpha value is -0.780. The third kappa shape index (κ3) is 6.80. The average Bonchev–Trinajstić information content (AvgIpc) is 2.58. The van der Waals surface area contributed by atoms with Crippen molar-refractivity contribution in [2.24, 2.45) is 0 Å². The number of aliphatic hydroxyl groups excluding tert-OH is 1. The molecule has 4 N–H and O–H groups in total. The Labute approximate surface area is 169 Å². The van der Waals surface area contributed by atoms with E-state index in [1.807, 2.05) is 23.9 Å². The van der Waals surface area contributed by atoms with E-state index in [-0.39, 0.29) is 12.4 Å². The summed E-state index contributed by atoms with van der Waals surface area (Å²) in [4.78, 5) is 1.26. The maximum atomic E-state index is 10.3. The van der Waals surface area contributed by atoms with Gasteiger partial charge in [-0.15, -0.1) is 24.2 Å². The number of nitrogen functional groups attached to an aromatic ring is 1. The van der Waals surface area contributed by atoms with Crippen molar-refractivity contribution in [2.45, 2.75) is 30.8 Å². The fourth-order valence-corrected chi connectivity index (χ4v) is 3.63. The highest BCUT2D eigenvalue weighted by molar-refractivity contribution is 7.99. The Balaban J connectivity index is 0.00000312. The van der Waals surface area contributed by atoms with Gasteiger partial charge >= 0.3 is 0 Å². The van der Waals surface area contributed by atoms with Crippen LogP contribution < -0.4 is 11.1 Å². The number of halogens is 3. The van der Waals surface area contributed by atoms with Gasteiger partial charge in [-0.2, -0.15) is 0 Å². The van der Waals surface area contributed by atoms with Crippen molar-refractivity contribution in [3.05, 3.63) is 52.0 Å². The molecule has 138 valence electrons. The molecule has 0 saturated heterocycles. The van der Waals surface area contributed by atoms with Crippen molar-refractivity contribution in [1.29, 1.82) is 0 Å². The van der Waals surface area contributed by atoms with Gasteiger partial charge in [-0.25, -0.2) is 0 Å². The van der Waals surface area contributed by atoms with Gasteiger partial charge in [0.05, 0.1) is 21.8 Å². The van der Waals surface area contributed by atoms with E-state index < -0.39 is 6.10 Å². The lowest BCUT2D eigenvalue weighted by molar-refractivity contribution is 0.191. The zero-order valence-corrected chi connectivity index (χ0v) is 17.1. The maximum absolute atomic E-state index is 10.3. The van der Waals surface area contributed by atoms with Crippen LogP contribution in [0.4, 0.5) is 11.4 Å². The van der Waals surface area contributed by atoms with Gasteiger partial charge in [0.1, 0.15) is 0 Å². The summed E-state index contributed by atoms with van der Waals surface area (Å²) >= 11 is 13.9. The van der Waals surface area contributed by atoms with E-state index in [1.165, 1.54) is 17.7 Å². The Morgan fingerprint density at radius 1 is 1.16 bits per heavy atom. The first-order valence-electron chi connectivity index (χ1n) is 7.90. The van der Waals surface area contributed by atoms with E-state index in [0.717, 1.165) is 11.4 Å². The molecule has 1 unspecified atom stereocenters. The van der Waals surface area contributed by atoms with E-state index in [2.05, 4.69) is 24.4 Å². The van der Waals surface area contributed by atoms with Gasteiger partial charge in [0.15, 0.2) is 0 Å². The maximum Gasteiger partial charge on any atom is 0.0963 e. The molecule has 3 nitrogen and oxygen atoms in total. The molecule has 0 saturated carbocycles. The first kappa shape index (κ1) is 22.3. The largest absolute Gasteiger partial charge is 0.396 e. The Kier molecular flexibility index (Phi) is 9.83. The van der Waals surface area contributed by atoms with E-state index in [1.54, 1.807) is 12.1 Å². The molecule has 0 radical (unpaired) electrons. The predicted octanol–water partition coefficient (Wildman–Crippen LogP) is 6.04. The highest BCUT2D eigenvalue weighted by atomic mass is 35.5. The zero-order valence-electron chi connectivity index (χ0n) is 14.0. The van der Waals surface area contributed by atoms with Crippen LogP contribution in [0.5, 0.6) is 0 Å². The molecular formula is C18H23Cl3N2OS. The van der Waals surface area contributed by atoms with Crippen LogP contribution in [-0.4, -0.2) is 17.4 Å². The summed E-state index contributed by atoms with van der Waals surface area (Å²) in [5.41, 5.74) is 7.64. The van der Waals surface area contributed by atoms with Crippen molar-refractivity contribution in [2.75, 3.05) is 23.3 Å². The van der Waals surface area contributed by atoms with Crippen molar-refractivity contribution < 1.29 is 5.11 Å². The van der Waals surface area contributed by atoms with Gasteiger partial charge in [-0.3, -0.25) is 0 Å². The van der Waals surface area contributed by atoms with Crippen LogP contribution in [0.3, 0.4) is 0 Å². The Morgan fingerprint density at radius 3 is 2.32 bits per heavy atom. The van der Waals surface area contributed by atoms with Crippen molar-refractivity contribution in [1.82, 2.24) is 0 Å². The van der Waals surface area contributed by atoms with Crippen LogP contribution in [0.2, 0.25) is 10.0 Å². The fraction of sp³-hybridized carbons (Fsp3) is 0.333. The standard InChI is InChI=1S/C18H22Cl2N2OS.ClH/c1-2-3-8-24-14-6-4-13(5-7-14)22-11-17(23)12-9-15(19)18(21)16(20)10-12;/h4-7,9-10,17,22-23H,2-3,8,11,21H2,1H3;1H. The molecule has 1 atom stereocenters. The molecule has 7 heteroatoms. The van der Waals surface area contributed by atoms with Crippen LogP contribution in [0, 0.1) is 0 Å². The normalized spacial score (nSPS) is 11.7. The molecular weight excluding hydrogens is 399 g/mol. The van der Waals surface area contributed by atoms with Gasteiger partial charge in [0.25, 0.3) is 0 Å². The minimum absolute atomic E-state index is 0. The number of nitrogens with two attached hydrogens (primary N) is 1. The lowest BCUT2D eigenvalue weighted by Crippen LogP contribution is -2.12. The summed E-state index contributed by atoms with van der Waals surface area (Å²) in [6, 6.07) is 11.5. The summed E-state index contributed by atoms with van der Waals surface area (Å²) in [6.45, 7) is 2.55. The van der Waals surface area contributed by atoms with Crippen LogP contribution in [0.25, 0.3) is 0 Å². The van der Waals surface area contributed by atoms with E-state index >= 15 is 0 Å². The zero-order chi connectivity index (χ0) is 17.5. The van der Waals surface area contributed by atoms with Gasteiger partial charge in [-0.1, -0.05) is 36.5 Å². The van der Waals surface area contributed by atoms with Crippen LogP contribution in [-0.2, 0) is 0 Å². The first-order valence-corrected chi connectivity index (χ1v) is 9.64. The average molecular weight is 422 g/mol. The summed E-state index contributed by atoms with van der Waals surface area (Å²) < 4.78 is 0. The number of nitrogens with one attached hydrogen (secondary N) is 1. The third-order valence-electron chi connectivity index (χ3n) is 3.61. The molecule has 0 spiro atoms. The molecule has 2 aromatic carbocycles. The number of aliphatic hydroxyl groups is 1. The number of benzene rings is 2. The molecule has 0 heterocycles. The number of rotatable bonds is 8. The van der Waals surface area contributed by atoms with Crippen molar-refractivity contribution in [3.8, 4) is 0 Å². The van der Waals surface area contributed by atoms with Crippen molar-refractivity contribution in [3.63, 3.8) is 0 Å². The number of thioether (sulfide) groups is 1. The molecule has 0 aromatic heterocycles. The van der Waals surface area contributed by atoms with Gasteiger partial charge < -0.3 is 16.2 Å². The quantitative estimate of drug-likeness (QED) is 0.276. The monoisotopic (exact) mass is 420 g/mol. The van der Waals surface area contributed by atoms with Gasteiger partial charge in [0, 0.05) is 17.1 Å². The summed E-state index contributed by atoms with van der Waals surface area (Å²) in [5, 5.41) is 14.2. The first-order chi connectivity index (χ1) is 11.5. The third-order valence-corrected chi connectivity index (χ3v) is 5.33. The molecule has 0 aliphatic carbocycles. The lowest BCUT2D eigenvalue weighted by Gasteiger charge is -2.15. The van der Waals surface area contributed by atoms with Gasteiger partial charge in [0.2, 0.25) is 0 Å². The van der Waals surface area contributed by atoms with Crippen LogP contribution >= 0.6 is 47.4 Å². The summed E-state index contributed by atoms with van der Waals surface area (Å²) in [5.74, 6) is 1.14. The minimum atomic E-state index is -0.723. The molecule has 0 aliphatic heterocycles. The molecule has 25 heavy (non-hydrogen) atoms. The summed E-state index contributed by atoms with van der Waals surface area (Å²) in [7, 11) is 0. The molecule has 0 bridgehead atoms.